The maximum atomic E-state index is 5.11. The fraction of sp³-hybridized carbons (Fsp3) is 0. The largest absolute Gasteiger partial charge is 0.228 e. The lowest BCUT2D eigenvalue weighted by molar-refractivity contribution is 1.07. The van der Waals surface area contributed by atoms with E-state index in [1.54, 1.807) is 0 Å². The highest BCUT2D eigenvalue weighted by atomic mass is 15.0. The van der Waals surface area contributed by atoms with Crippen LogP contribution in [0.2, 0.25) is 0 Å². The van der Waals surface area contributed by atoms with Crippen molar-refractivity contribution in [2.75, 3.05) is 0 Å². The second kappa shape index (κ2) is 38.3. The lowest BCUT2D eigenvalue weighted by Crippen LogP contribution is -2.01. The van der Waals surface area contributed by atoms with Crippen LogP contribution in [0.3, 0.4) is 0 Å². The van der Waals surface area contributed by atoms with E-state index in [2.05, 4.69) is 443 Å². The van der Waals surface area contributed by atoms with E-state index >= 15 is 0 Å². The van der Waals surface area contributed by atoms with Gasteiger partial charge < -0.3 is 0 Å². The molecule has 0 amide bonds. The van der Waals surface area contributed by atoms with Crippen molar-refractivity contribution in [2.24, 2.45) is 0 Å². The predicted molar refractivity (Wildman–Crippen MR) is 603 cm³/mol. The maximum absolute atomic E-state index is 5.11. The SMILES string of the molecule is c1ccc(-c2cc(-c3ccccc3)nc(-c3ccccc3-c3ccc(-c4ccc5c6ccccc6c6ccccc6c5c4)cc3)n2)cc1.c1ccc(-c2cc(-c3ccccc3-c3ccc(-c4ccc5c6ccccc6c6ccccc6c5c4)cc3)nc(-c3ccccc3)n2)cc1.c1ccc(-c2nc(-c3ccccc3)nc(-c3ccccc3-c3cccc(-c4ccc5c6ccccc6c6ccccc6c5c4)c3)n2)cc1. The fourth-order valence-corrected chi connectivity index (χ4v) is 20.7. The van der Waals surface area contributed by atoms with E-state index < -0.39 is 0 Å². The Balaban J connectivity index is 0.000000113. The molecule has 0 bridgehead atoms. The molecule has 0 saturated carbocycles. The standard InChI is InChI=1S/2C46H30N2.C45H29N3/c1-3-13-33(14-4-1)44-30-45(48-46(47-44)34-15-5-2-6-16-34)42-22-12-7-17-36(42)32-25-23-31(24-26-32)35-27-28-41-39-20-9-8-18-37(39)38-19-10-11-21-40(38)43(41)29-35;1-3-13-33(14-4-1)44-30-45(34-15-5-2-6-16-34)48-46(47-44)42-22-12-7-17-36(42)32-25-23-31(24-26-32)35-27-28-41-39-20-9-8-18-37(39)38-19-10-11-21-40(38)43(41)29-35;1-3-14-30(15-4-1)43-46-44(31-16-5-2-6-17-31)48-45(47-43)41-25-12-7-20-35(41)34-19-13-18-32(28-34)33-26-27-40-38-23-9-8-21-36(38)37-22-10-11-24-39(37)42(40)29-33/h2*1-30H;1-29H. The second-order valence-corrected chi connectivity index (χ2v) is 36.4. The number of nitrogens with zero attached hydrogens (tertiary/aromatic N) is 7. The van der Waals surface area contributed by atoms with Crippen molar-refractivity contribution in [1.82, 2.24) is 34.9 Å². The molecule has 27 rings (SSSR count). The molecule has 0 unspecified atom stereocenters. The third-order valence-electron chi connectivity index (χ3n) is 27.7. The first kappa shape index (κ1) is 86.4. The van der Waals surface area contributed by atoms with Crippen molar-refractivity contribution >= 4 is 97.0 Å². The third kappa shape index (κ3) is 16.8. The molecule has 0 aliphatic heterocycles. The van der Waals surface area contributed by atoms with E-state index in [9.17, 15) is 0 Å². The van der Waals surface area contributed by atoms with Gasteiger partial charge in [0.2, 0.25) is 0 Å². The van der Waals surface area contributed by atoms with Gasteiger partial charge in [0.25, 0.3) is 0 Å². The molecule has 3 aromatic heterocycles. The monoisotopic (exact) mass is 1830 g/mol. The van der Waals surface area contributed by atoms with E-state index in [1.807, 2.05) is 97.1 Å². The van der Waals surface area contributed by atoms with Crippen LogP contribution in [-0.2, 0) is 0 Å². The molecule has 0 aliphatic rings. The van der Waals surface area contributed by atoms with Gasteiger partial charge in [0, 0.05) is 50.1 Å². The summed E-state index contributed by atoms with van der Waals surface area (Å²) in [5.41, 5.74) is 26.6. The summed E-state index contributed by atoms with van der Waals surface area (Å²) < 4.78 is 0. The molecule has 24 aromatic carbocycles. The molecule has 3 heterocycles. The number of hydrogen-bond donors (Lipinski definition) is 0. The summed E-state index contributed by atoms with van der Waals surface area (Å²) in [5.74, 6) is 3.38. The molecule has 7 heteroatoms. The van der Waals surface area contributed by atoms with Crippen LogP contribution in [0.15, 0.2) is 540 Å². The Morgan fingerprint density at radius 3 is 0.618 bits per heavy atom. The highest BCUT2D eigenvalue weighted by Crippen LogP contribution is 2.46. The summed E-state index contributed by atoms with van der Waals surface area (Å²) in [4.78, 5) is 35.3. The van der Waals surface area contributed by atoms with Gasteiger partial charge in [-0.1, -0.05) is 504 Å². The van der Waals surface area contributed by atoms with Crippen molar-refractivity contribution in [2.45, 2.75) is 0 Å². The average molecular weight is 1830 g/mol. The molecule has 7 nitrogen and oxygen atoms in total. The Morgan fingerprint density at radius 2 is 0.278 bits per heavy atom. The molecule has 672 valence electrons. The van der Waals surface area contributed by atoms with E-state index in [0.717, 1.165) is 112 Å². The molecule has 27 aromatic rings. The molecular weight excluding hydrogens is 1740 g/mol. The Bertz CT molecular complexity index is 8890. The Labute approximate surface area is 834 Å². The zero-order valence-corrected chi connectivity index (χ0v) is 78.5. The third-order valence-corrected chi connectivity index (χ3v) is 27.7. The van der Waals surface area contributed by atoms with Crippen molar-refractivity contribution < 1.29 is 0 Å². The highest BCUT2D eigenvalue weighted by molar-refractivity contribution is 6.28. The minimum absolute atomic E-state index is 0.646. The summed E-state index contributed by atoms with van der Waals surface area (Å²) in [6, 6.07) is 191. The first-order valence-electron chi connectivity index (χ1n) is 48.9. The van der Waals surface area contributed by atoms with Crippen molar-refractivity contribution in [3.63, 3.8) is 0 Å². The van der Waals surface area contributed by atoms with Crippen LogP contribution >= 0.6 is 0 Å². The second-order valence-electron chi connectivity index (χ2n) is 36.4. The van der Waals surface area contributed by atoms with Crippen LogP contribution in [0, 0.1) is 0 Å². The lowest BCUT2D eigenvalue weighted by atomic mass is 9.91. The van der Waals surface area contributed by atoms with Gasteiger partial charge in [-0.15, -0.1) is 0 Å². The van der Waals surface area contributed by atoms with Crippen LogP contribution in [0.1, 0.15) is 0 Å². The molecule has 0 spiro atoms. The topological polar surface area (TPSA) is 90.2 Å². The van der Waals surface area contributed by atoms with E-state index in [1.165, 1.54) is 125 Å². The number of fused-ring (bicyclic) bond motifs is 18. The van der Waals surface area contributed by atoms with Crippen LogP contribution in [0.5, 0.6) is 0 Å². The summed E-state index contributed by atoms with van der Waals surface area (Å²) in [5, 5.41) is 23.1. The predicted octanol–water partition coefficient (Wildman–Crippen LogP) is 36.2. The minimum Gasteiger partial charge on any atom is -0.228 e. The summed E-state index contributed by atoms with van der Waals surface area (Å²) in [7, 11) is 0. The molecule has 0 aliphatic carbocycles. The Hall–Kier alpha value is -19.2. The smallest absolute Gasteiger partial charge is 0.164 e. The fourth-order valence-electron chi connectivity index (χ4n) is 20.7. The van der Waals surface area contributed by atoms with Crippen molar-refractivity contribution in [1.29, 1.82) is 0 Å². The number of aromatic nitrogens is 7. The van der Waals surface area contributed by atoms with Crippen LogP contribution < -0.4 is 0 Å². The molecule has 0 N–H and O–H groups in total. The van der Waals surface area contributed by atoms with Gasteiger partial charge in [0.05, 0.1) is 22.8 Å². The zero-order valence-electron chi connectivity index (χ0n) is 78.5. The van der Waals surface area contributed by atoms with E-state index in [-0.39, 0.29) is 0 Å². The molecular formula is C137H89N7. The van der Waals surface area contributed by atoms with Gasteiger partial charge in [-0.2, -0.15) is 0 Å². The summed E-state index contributed by atoms with van der Waals surface area (Å²) >= 11 is 0. The summed E-state index contributed by atoms with van der Waals surface area (Å²) in [6.45, 7) is 0. The first-order chi connectivity index (χ1) is 71.4. The van der Waals surface area contributed by atoms with Gasteiger partial charge in [-0.3, -0.25) is 0 Å². The molecule has 0 atom stereocenters. The van der Waals surface area contributed by atoms with Gasteiger partial charge in [0.15, 0.2) is 29.1 Å². The van der Waals surface area contributed by atoms with Gasteiger partial charge in [0.1, 0.15) is 0 Å². The van der Waals surface area contributed by atoms with Crippen LogP contribution in [-0.4, -0.2) is 34.9 Å². The van der Waals surface area contributed by atoms with Crippen molar-refractivity contribution in [3.8, 4) is 169 Å². The normalized spacial score (nSPS) is 11.3. The Morgan fingerprint density at radius 1 is 0.0833 bits per heavy atom. The summed E-state index contributed by atoms with van der Waals surface area (Å²) in [6.07, 6.45) is 0. The van der Waals surface area contributed by atoms with Crippen LogP contribution in [0.25, 0.3) is 266 Å². The van der Waals surface area contributed by atoms with Gasteiger partial charge in [-0.05, 0) is 200 Å². The average Bonchev–Trinajstić information content (AvgIpc) is 0.746. The zero-order chi connectivity index (χ0) is 95.6. The molecule has 0 radical (unpaired) electrons. The van der Waals surface area contributed by atoms with Crippen molar-refractivity contribution in [3.05, 3.63) is 540 Å². The van der Waals surface area contributed by atoms with Crippen LogP contribution in [0.4, 0.5) is 0 Å². The number of hydrogen-bond acceptors (Lipinski definition) is 7. The maximum Gasteiger partial charge on any atom is 0.164 e. The van der Waals surface area contributed by atoms with Gasteiger partial charge >= 0.3 is 0 Å². The molecule has 0 fully saturated rings. The minimum atomic E-state index is 0.646. The quantitative estimate of drug-likeness (QED) is 0.0945. The highest BCUT2D eigenvalue weighted by Gasteiger charge is 2.23. The van der Waals surface area contributed by atoms with E-state index in [4.69, 9.17) is 34.9 Å². The first-order valence-corrected chi connectivity index (χ1v) is 48.9. The van der Waals surface area contributed by atoms with E-state index in [0.29, 0.717) is 29.1 Å². The number of benzene rings is 24. The molecule has 0 saturated heterocycles. The van der Waals surface area contributed by atoms with Gasteiger partial charge in [-0.25, -0.2) is 34.9 Å². The molecule has 144 heavy (non-hydrogen) atoms. The Kier molecular flexibility index (Phi) is 23.0. The number of rotatable bonds is 15. The lowest BCUT2D eigenvalue weighted by Gasteiger charge is -2.14.